The van der Waals surface area contributed by atoms with Crippen LogP contribution < -0.4 is 0 Å². The van der Waals surface area contributed by atoms with Crippen molar-refractivity contribution in [2.24, 2.45) is 0 Å². The van der Waals surface area contributed by atoms with Crippen molar-refractivity contribution in [3.8, 4) is 5.69 Å². The topological polar surface area (TPSA) is 31.0 Å². The van der Waals surface area contributed by atoms with Gasteiger partial charge in [0.1, 0.15) is 11.2 Å². The van der Waals surface area contributed by atoms with E-state index in [0.29, 0.717) is 0 Å². The van der Waals surface area contributed by atoms with E-state index in [0.717, 1.165) is 27.8 Å². The van der Waals surface area contributed by atoms with E-state index in [1.807, 2.05) is 17.6 Å². The first-order valence-corrected chi connectivity index (χ1v) is 10.4. The van der Waals surface area contributed by atoms with Crippen LogP contribution in [0.25, 0.3) is 59.6 Å². The van der Waals surface area contributed by atoms with Crippen molar-refractivity contribution in [1.29, 1.82) is 0 Å². The van der Waals surface area contributed by atoms with Gasteiger partial charge >= 0.3 is 0 Å². The highest BCUT2D eigenvalue weighted by Crippen LogP contribution is 2.40. The Bertz CT molecular complexity index is 1720. The van der Waals surface area contributed by atoms with E-state index < -0.39 is 0 Å². The van der Waals surface area contributed by atoms with Crippen molar-refractivity contribution in [1.82, 2.24) is 9.55 Å². The average Bonchev–Trinajstić information content (AvgIpc) is 3.46. The second-order valence-corrected chi connectivity index (χ2v) is 8.18. The minimum absolute atomic E-state index is 0.918. The van der Waals surface area contributed by atoms with Gasteiger partial charge in [0.25, 0.3) is 0 Å². The molecule has 4 aromatic carbocycles. The molecule has 0 aliphatic heterocycles. The first kappa shape index (κ1) is 15.3. The quantitative estimate of drug-likeness (QED) is 0.295. The normalized spacial score (nSPS) is 12.1. The molecule has 0 amide bonds. The lowest BCUT2D eigenvalue weighted by Crippen LogP contribution is -1.93. The van der Waals surface area contributed by atoms with E-state index in [1.165, 1.54) is 31.9 Å². The molecule has 7 aromatic rings. The minimum atomic E-state index is 0.918. The van der Waals surface area contributed by atoms with E-state index in [-0.39, 0.29) is 0 Å². The van der Waals surface area contributed by atoms with Crippen LogP contribution in [-0.2, 0) is 0 Å². The zero-order valence-electron chi connectivity index (χ0n) is 15.3. The van der Waals surface area contributed by atoms with Gasteiger partial charge in [0, 0.05) is 21.8 Å². The molecule has 7 rings (SSSR count). The number of para-hydroxylation sites is 2. The molecule has 3 nitrogen and oxygen atoms in total. The Morgan fingerprint density at radius 3 is 2.59 bits per heavy atom. The maximum absolute atomic E-state index is 6.18. The van der Waals surface area contributed by atoms with E-state index >= 15 is 0 Å². The van der Waals surface area contributed by atoms with Gasteiger partial charge in [-0.15, -0.1) is 11.3 Å². The summed E-state index contributed by atoms with van der Waals surface area (Å²) in [5, 5.41) is 4.80. The second kappa shape index (κ2) is 5.46. The summed E-state index contributed by atoms with van der Waals surface area (Å²) in [6.45, 7) is 0. The fourth-order valence-corrected chi connectivity index (χ4v) is 5.23. The predicted octanol–water partition coefficient (Wildman–Crippen LogP) is 7.29. The van der Waals surface area contributed by atoms with Gasteiger partial charge in [-0.25, -0.2) is 4.98 Å². The Kier molecular flexibility index (Phi) is 2.88. The third kappa shape index (κ3) is 1.99. The van der Waals surface area contributed by atoms with Crippen LogP contribution in [0.3, 0.4) is 0 Å². The Hall–Kier alpha value is -3.63. The molecule has 0 aliphatic carbocycles. The Morgan fingerprint density at radius 2 is 1.62 bits per heavy atom. The number of hydrogen-bond acceptors (Lipinski definition) is 3. The number of furan rings is 1. The van der Waals surface area contributed by atoms with E-state index in [2.05, 4.69) is 76.3 Å². The van der Waals surface area contributed by atoms with E-state index in [9.17, 15) is 0 Å². The summed E-state index contributed by atoms with van der Waals surface area (Å²) in [6.07, 6.45) is 0. The maximum Gasteiger partial charge on any atom is 0.137 e. The van der Waals surface area contributed by atoms with Crippen LogP contribution in [0.15, 0.2) is 88.8 Å². The molecule has 0 unspecified atom stereocenters. The molecular weight excluding hydrogens is 376 g/mol. The molecule has 3 aromatic heterocycles. The number of hydrogen-bond donors (Lipinski definition) is 0. The fourth-order valence-electron chi connectivity index (χ4n) is 4.52. The van der Waals surface area contributed by atoms with Crippen molar-refractivity contribution in [2.45, 2.75) is 0 Å². The standard InChI is InChI=1S/C25H14N2OS/c1-3-7-20-16(5-1)17-10-12-22-24(18-6-2-4-8-21(18)28-22)25(17)27(20)15-9-11-19-23(13-15)29-14-26-19/h1-14H. The van der Waals surface area contributed by atoms with Crippen molar-refractivity contribution in [3.63, 3.8) is 0 Å². The van der Waals surface area contributed by atoms with E-state index in [4.69, 9.17) is 4.42 Å². The lowest BCUT2D eigenvalue weighted by atomic mass is 10.1. The smallest absolute Gasteiger partial charge is 0.137 e. The van der Waals surface area contributed by atoms with Crippen LogP contribution in [0.1, 0.15) is 0 Å². The van der Waals surface area contributed by atoms with Crippen LogP contribution in [0.4, 0.5) is 0 Å². The first-order valence-electron chi connectivity index (χ1n) is 9.55. The van der Waals surface area contributed by atoms with Crippen molar-refractivity contribution in [2.75, 3.05) is 0 Å². The van der Waals surface area contributed by atoms with Gasteiger partial charge in [-0.2, -0.15) is 0 Å². The summed E-state index contributed by atoms with van der Waals surface area (Å²) < 4.78 is 9.75. The Labute approximate surface area is 169 Å². The third-order valence-corrected chi connectivity index (χ3v) is 6.54. The van der Waals surface area contributed by atoms with Crippen molar-refractivity contribution < 1.29 is 4.42 Å². The number of fused-ring (bicyclic) bond motifs is 8. The maximum atomic E-state index is 6.18. The van der Waals surface area contributed by atoms with Gasteiger partial charge in [0.15, 0.2) is 0 Å². The monoisotopic (exact) mass is 390 g/mol. The summed E-state index contributed by atoms with van der Waals surface area (Å²) >= 11 is 1.67. The molecule has 4 heteroatoms. The zero-order valence-corrected chi connectivity index (χ0v) is 16.1. The zero-order chi connectivity index (χ0) is 18.9. The van der Waals surface area contributed by atoms with Gasteiger partial charge in [0.05, 0.1) is 32.1 Å². The van der Waals surface area contributed by atoms with E-state index in [1.54, 1.807) is 11.3 Å². The summed E-state index contributed by atoms with van der Waals surface area (Å²) in [7, 11) is 0. The number of nitrogens with zero attached hydrogens (tertiary/aromatic N) is 2. The highest BCUT2D eigenvalue weighted by Gasteiger charge is 2.18. The molecule has 3 heterocycles. The van der Waals surface area contributed by atoms with Gasteiger partial charge in [0.2, 0.25) is 0 Å². The Morgan fingerprint density at radius 1 is 0.759 bits per heavy atom. The molecule has 29 heavy (non-hydrogen) atoms. The molecule has 0 spiro atoms. The second-order valence-electron chi connectivity index (χ2n) is 7.29. The lowest BCUT2D eigenvalue weighted by Gasteiger charge is -2.08. The summed E-state index contributed by atoms with van der Waals surface area (Å²) in [5.74, 6) is 0. The average molecular weight is 390 g/mol. The molecule has 0 N–H and O–H groups in total. The predicted molar refractivity (Wildman–Crippen MR) is 121 cm³/mol. The van der Waals surface area contributed by atoms with Crippen LogP contribution >= 0.6 is 11.3 Å². The molecule has 0 saturated heterocycles. The van der Waals surface area contributed by atoms with Gasteiger partial charge in [-0.05, 0) is 42.5 Å². The minimum Gasteiger partial charge on any atom is -0.456 e. The lowest BCUT2D eigenvalue weighted by molar-refractivity contribution is 0.669. The van der Waals surface area contributed by atoms with Gasteiger partial charge in [-0.1, -0.05) is 36.4 Å². The molecular formula is C25H14N2OS. The fraction of sp³-hybridized carbons (Fsp3) is 0. The summed E-state index contributed by atoms with van der Waals surface area (Å²) in [5.41, 5.74) is 8.32. The molecule has 0 radical (unpaired) electrons. The first-order chi connectivity index (χ1) is 14.4. The summed E-state index contributed by atoms with van der Waals surface area (Å²) in [6, 6.07) is 27.7. The number of thiazole rings is 1. The third-order valence-electron chi connectivity index (χ3n) is 5.75. The SMILES string of the molecule is c1ccc2c(c1)oc1ccc3c4ccccc4n(-c4ccc5ncsc5c4)c3c12. The molecule has 136 valence electrons. The van der Waals surface area contributed by atoms with Gasteiger partial charge < -0.3 is 8.98 Å². The Balaban J connectivity index is 1.76. The van der Waals surface area contributed by atoms with Crippen LogP contribution in [0.5, 0.6) is 0 Å². The largest absolute Gasteiger partial charge is 0.456 e. The van der Waals surface area contributed by atoms with Crippen molar-refractivity contribution in [3.05, 3.63) is 84.4 Å². The molecule has 0 saturated carbocycles. The number of aromatic nitrogens is 2. The van der Waals surface area contributed by atoms with Gasteiger partial charge in [-0.3, -0.25) is 0 Å². The highest BCUT2D eigenvalue weighted by atomic mass is 32.1. The molecule has 0 fully saturated rings. The molecule has 0 atom stereocenters. The number of rotatable bonds is 1. The van der Waals surface area contributed by atoms with Crippen LogP contribution in [0.2, 0.25) is 0 Å². The highest BCUT2D eigenvalue weighted by molar-refractivity contribution is 7.16. The van der Waals surface area contributed by atoms with Crippen LogP contribution in [0, 0.1) is 0 Å². The van der Waals surface area contributed by atoms with Crippen LogP contribution in [-0.4, -0.2) is 9.55 Å². The number of benzene rings is 4. The summed E-state index contributed by atoms with van der Waals surface area (Å²) in [4.78, 5) is 4.44. The van der Waals surface area contributed by atoms with Crippen molar-refractivity contribution >= 4 is 65.3 Å². The molecule has 0 aliphatic rings. The molecule has 0 bridgehead atoms.